The number of allylic oxidation sites excluding steroid dienone is 2. The molecule has 1 aliphatic heterocycles. The van der Waals surface area contributed by atoms with Gasteiger partial charge in [0.15, 0.2) is 0 Å². The van der Waals surface area contributed by atoms with Crippen molar-refractivity contribution >= 4 is 23.4 Å². The molecule has 0 unspecified atom stereocenters. The molecule has 0 radical (unpaired) electrons. The summed E-state index contributed by atoms with van der Waals surface area (Å²) in [6.07, 6.45) is 6.04. The lowest BCUT2D eigenvalue weighted by Gasteiger charge is -2.15. The maximum absolute atomic E-state index is 12.4. The molecule has 3 rings (SSSR count). The molecule has 5 heteroatoms. The minimum Gasteiger partial charge on any atom is -0.326 e. The zero-order valence-electron chi connectivity index (χ0n) is 14.7. The van der Waals surface area contributed by atoms with E-state index in [9.17, 15) is 14.4 Å². The average Bonchev–Trinajstić information content (AvgIpc) is 2.84. The molecule has 2 aliphatic rings. The van der Waals surface area contributed by atoms with Crippen molar-refractivity contribution < 1.29 is 14.4 Å². The van der Waals surface area contributed by atoms with Gasteiger partial charge in [0.25, 0.3) is 0 Å². The van der Waals surface area contributed by atoms with Crippen molar-refractivity contribution in [3.63, 3.8) is 0 Å². The number of hydrogen-bond donors (Lipinski definition) is 1. The van der Waals surface area contributed by atoms with E-state index in [1.165, 1.54) is 4.90 Å². The van der Waals surface area contributed by atoms with Crippen LogP contribution in [-0.4, -0.2) is 29.2 Å². The first kappa shape index (κ1) is 17.4. The summed E-state index contributed by atoms with van der Waals surface area (Å²) < 4.78 is 0. The molecule has 1 N–H and O–H groups in total. The van der Waals surface area contributed by atoms with E-state index in [4.69, 9.17) is 0 Å². The maximum Gasteiger partial charge on any atom is 0.233 e. The fraction of sp³-hybridized carbons (Fsp3) is 0.450. The van der Waals surface area contributed by atoms with E-state index in [0.29, 0.717) is 25.8 Å². The fourth-order valence-corrected chi connectivity index (χ4v) is 3.59. The van der Waals surface area contributed by atoms with Crippen LogP contribution in [0.5, 0.6) is 0 Å². The van der Waals surface area contributed by atoms with Gasteiger partial charge in [-0.05, 0) is 50.3 Å². The topological polar surface area (TPSA) is 66.5 Å². The summed E-state index contributed by atoms with van der Waals surface area (Å²) in [5, 5.41) is 2.91. The molecule has 25 heavy (non-hydrogen) atoms. The van der Waals surface area contributed by atoms with Gasteiger partial charge in [-0.1, -0.05) is 24.3 Å². The predicted octanol–water partition coefficient (Wildman–Crippen LogP) is 2.97. The van der Waals surface area contributed by atoms with Gasteiger partial charge in [0.2, 0.25) is 17.7 Å². The minimum absolute atomic E-state index is 0.0747. The largest absolute Gasteiger partial charge is 0.326 e. The highest BCUT2D eigenvalue weighted by Crippen LogP contribution is 2.35. The highest BCUT2D eigenvalue weighted by molar-refractivity contribution is 6.05. The van der Waals surface area contributed by atoms with Crippen LogP contribution in [0.3, 0.4) is 0 Å². The van der Waals surface area contributed by atoms with Crippen LogP contribution in [0.1, 0.15) is 36.8 Å². The number of carbonyl (C=O) groups excluding carboxylic acids is 3. The molecule has 2 atom stereocenters. The fourth-order valence-electron chi connectivity index (χ4n) is 3.59. The molecule has 1 aromatic rings. The number of likely N-dealkylation sites (tertiary alicyclic amines) is 1. The first-order chi connectivity index (χ1) is 12.0. The van der Waals surface area contributed by atoms with Gasteiger partial charge in [-0.2, -0.15) is 0 Å². The van der Waals surface area contributed by atoms with Gasteiger partial charge in [-0.15, -0.1) is 0 Å². The lowest BCUT2D eigenvalue weighted by atomic mass is 9.85. The van der Waals surface area contributed by atoms with Gasteiger partial charge in [0.05, 0.1) is 11.8 Å². The van der Waals surface area contributed by atoms with E-state index >= 15 is 0 Å². The first-order valence-electron chi connectivity index (χ1n) is 8.85. The van der Waals surface area contributed by atoms with Crippen LogP contribution in [0.15, 0.2) is 30.4 Å². The number of nitrogens with one attached hydrogen (secondary N) is 1. The Kier molecular flexibility index (Phi) is 5.02. The Morgan fingerprint density at radius 3 is 2.40 bits per heavy atom. The number of benzene rings is 1. The smallest absolute Gasteiger partial charge is 0.233 e. The molecule has 0 aromatic heterocycles. The molecule has 1 aromatic carbocycles. The summed E-state index contributed by atoms with van der Waals surface area (Å²) in [5.41, 5.74) is 3.00. The van der Waals surface area contributed by atoms with Crippen molar-refractivity contribution in [3.8, 4) is 0 Å². The van der Waals surface area contributed by atoms with Crippen LogP contribution >= 0.6 is 0 Å². The molecular formula is C20H24N2O3. The van der Waals surface area contributed by atoms with E-state index in [2.05, 4.69) is 5.32 Å². The third-order valence-corrected chi connectivity index (χ3v) is 5.26. The predicted molar refractivity (Wildman–Crippen MR) is 95.9 cm³/mol. The lowest BCUT2D eigenvalue weighted by Crippen LogP contribution is -2.32. The number of carbonyl (C=O) groups is 3. The zero-order valence-corrected chi connectivity index (χ0v) is 14.7. The van der Waals surface area contributed by atoms with Crippen molar-refractivity contribution in [2.45, 2.75) is 39.5 Å². The first-order valence-corrected chi connectivity index (χ1v) is 8.85. The SMILES string of the molecule is Cc1cccc(NC(=O)CCCN2C(=O)[C@@H]3CC=CC[C@H]3C2=O)c1C. The van der Waals surface area contributed by atoms with E-state index in [1.807, 2.05) is 44.2 Å². The van der Waals surface area contributed by atoms with Crippen molar-refractivity contribution in [2.75, 3.05) is 11.9 Å². The Balaban J connectivity index is 1.51. The van der Waals surface area contributed by atoms with E-state index in [1.54, 1.807) is 0 Å². The molecule has 1 fully saturated rings. The van der Waals surface area contributed by atoms with Crippen LogP contribution in [0.4, 0.5) is 5.69 Å². The molecule has 0 spiro atoms. The summed E-state index contributed by atoms with van der Waals surface area (Å²) in [5.74, 6) is -0.627. The monoisotopic (exact) mass is 340 g/mol. The van der Waals surface area contributed by atoms with E-state index < -0.39 is 0 Å². The Morgan fingerprint density at radius 2 is 1.76 bits per heavy atom. The van der Waals surface area contributed by atoms with E-state index in [-0.39, 0.29) is 36.0 Å². The zero-order chi connectivity index (χ0) is 18.0. The number of aryl methyl sites for hydroxylation is 1. The van der Waals surface area contributed by atoms with Crippen molar-refractivity contribution in [3.05, 3.63) is 41.5 Å². The molecule has 3 amide bonds. The molecule has 1 heterocycles. The second-order valence-electron chi connectivity index (χ2n) is 6.88. The number of fused-ring (bicyclic) bond motifs is 1. The third-order valence-electron chi connectivity index (χ3n) is 5.26. The summed E-state index contributed by atoms with van der Waals surface area (Å²) in [6.45, 7) is 4.30. The average molecular weight is 340 g/mol. The molecule has 0 saturated carbocycles. The van der Waals surface area contributed by atoms with Crippen LogP contribution in [0.2, 0.25) is 0 Å². The second kappa shape index (κ2) is 7.21. The second-order valence-corrected chi connectivity index (χ2v) is 6.88. The highest BCUT2D eigenvalue weighted by atomic mass is 16.2. The highest BCUT2D eigenvalue weighted by Gasteiger charge is 2.46. The number of amides is 3. The molecule has 1 aliphatic carbocycles. The molecule has 1 saturated heterocycles. The Labute approximate surface area is 148 Å². The standard InChI is InChI=1S/C20H24N2O3/c1-13-7-5-10-17(14(13)2)21-18(23)11-6-12-22-19(24)15-8-3-4-9-16(15)20(22)25/h3-5,7,10,15-16H,6,8-9,11-12H2,1-2H3,(H,21,23)/t15-,16-/m1/s1. The molecule has 5 nitrogen and oxygen atoms in total. The summed E-state index contributed by atoms with van der Waals surface area (Å²) in [7, 11) is 0. The van der Waals surface area contributed by atoms with Gasteiger partial charge < -0.3 is 5.32 Å². The van der Waals surface area contributed by atoms with Crippen molar-refractivity contribution in [1.82, 2.24) is 4.90 Å². The van der Waals surface area contributed by atoms with Crippen molar-refractivity contribution in [1.29, 1.82) is 0 Å². The Hall–Kier alpha value is -2.43. The number of imide groups is 1. The van der Waals surface area contributed by atoms with Gasteiger partial charge in [0, 0.05) is 18.7 Å². The summed E-state index contributed by atoms with van der Waals surface area (Å²) in [4.78, 5) is 38.2. The quantitative estimate of drug-likeness (QED) is 0.662. The number of nitrogens with zero attached hydrogens (tertiary/aromatic N) is 1. The van der Waals surface area contributed by atoms with Crippen LogP contribution in [0.25, 0.3) is 0 Å². The number of anilines is 1. The Bertz CT molecular complexity index is 712. The van der Waals surface area contributed by atoms with Crippen LogP contribution in [-0.2, 0) is 14.4 Å². The lowest BCUT2D eigenvalue weighted by molar-refractivity contribution is -0.140. The van der Waals surface area contributed by atoms with Crippen LogP contribution in [0, 0.1) is 25.7 Å². The summed E-state index contributed by atoms with van der Waals surface area (Å²) >= 11 is 0. The molecule has 0 bridgehead atoms. The molecular weight excluding hydrogens is 316 g/mol. The van der Waals surface area contributed by atoms with Gasteiger partial charge in [-0.3, -0.25) is 19.3 Å². The number of hydrogen-bond acceptors (Lipinski definition) is 3. The van der Waals surface area contributed by atoms with Crippen molar-refractivity contribution in [2.24, 2.45) is 11.8 Å². The van der Waals surface area contributed by atoms with E-state index in [0.717, 1.165) is 16.8 Å². The maximum atomic E-state index is 12.4. The number of rotatable bonds is 5. The molecule has 132 valence electrons. The minimum atomic E-state index is -0.193. The summed E-state index contributed by atoms with van der Waals surface area (Å²) in [6, 6.07) is 5.80. The Morgan fingerprint density at radius 1 is 1.12 bits per heavy atom. The van der Waals surface area contributed by atoms with Gasteiger partial charge >= 0.3 is 0 Å². The normalized spacial score (nSPS) is 22.2. The van der Waals surface area contributed by atoms with Gasteiger partial charge in [0.1, 0.15) is 0 Å². The third kappa shape index (κ3) is 3.50. The van der Waals surface area contributed by atoms with Crippen LogP contribution < -0.4 is 5.32 Å². The van der Waals surface area contributed by atoms with Gasteiger partial charge in [-0.25, -0.2) is 0 Å².